The summed E-state index contributed by atoms with van der Waals surface area (Å²) in [6.45, 7) is 2.02. The second-order valence-corrected chi connectivity index (χ2v) is 6.14. The van der Waals surface area contributed by atoms with Crippen molar-refractivity contribution >= 4 is 11.5 Å². The third-order valence-corrected chi connectivity index (χ3v) is 4.44. The van der Waals surface area contributed by atoms with E-state index in [1.165, 1.54) is 0 Å². The van der Waals surface area contributed by atoms with Gasteiger partial charge in [0.2, 0.25) is 0 Å². The number of allylic oxidation sites excluding steroid dienone is 1. The Morgan fingerprint density at radius 1 is 0.846 bits per heavy atom. The van der Waals surface area contributed by atoms with Crippen molar-refractivity contribution in [2.75, 3.05) is 0 Å². The Balaban J connectivity index is 1.71. The predicted octanol–water partition coefficient (Wildman–Crippen LogP) is 4.12. The summed E-state index contributed by atoms with van der Waals surface area (Å²) in [4.78, 5) is 26.4. The Hall–Kier alpha value is -3.40. The number of aryl methyl sites for hydroxylation is 1. The van der Waals surface area contributed by atoms with Crippen LogP contribution in [-0.4, -0.2) is 21.5 Å². The van der Waals surface area contributed by atoms with Crippen LogP contribution in [0.5, 0.6) is 0 Å². The molecule has 3 aromatic rings. The van der Waals surface area contributed by atoms with Crippen molar-refractivity contribution < 1.29 is 4.79 Å². The van der Waals surface area contributed by atoms with Crippen LogP contribution in [-0.2, 0) is 4.79 Å². The number of hydrogen-bond acceptors (Lipinski definition) is 4. The molecule has 4 nitrogen and oxygen atoms in total. The van der Waals surface area contributed by atoms with E-state index in [2.05, 4.69) is 15.0 Å². The second-order valence-electron chi connectivity index (χ2n) is 6.14. The Morgan fingerprint density at radius 3 is 2.42 bits per heavy atom. The first kappa shape index (κ1) is 16.1. The molecule has 0 bridgehead atoms. The first-order valence-corrected chi connectivity index (χ1v) is 8.47. The standard InChI is InChI=1S/C22H17N3O/c1-15-7-2-3-8-16(15)17-12-14-24-21(22(17)26)20-11-6-10-19(25-20)18-9-4-5-13-23-18/h2-14,17H,1H3. The number of rotatable bonds is 3. The van der Waals surface area contributed by atoms with E-state index in [4.69, 9.17) is 0 Å². The zero-order chi connectivity index (χ0) is 17.9. The van der Waals surface area contributed by atoms with E-state index in [9.17, 15) is 4.79 Å². The molecule has 0 saturated carbocycles. The predicted molar refractivity (Wildman–Crippen MR) is 102 cm³/mol. The van der Waals surface area contributed by atoms with Gasteiger partial charge in [0.25, 0.3) is 0 Å². The smallest absolute Gasteiger partial charge is 0.194 e. The third kappa shape index (κ3) is 2.97. The van der Waals surface area contributed by atoms with Crippen molar-refractivity contribution in [3.63, 3.8) is 0 Å². The Bertz CT molecular complexity index is 1020. The zero-order valence-corrected chi connectivity index (χ0v) is 14.3. The molecule has 1 aliphatic heterocycles. The van der Waals surface area contributed by atoms with Crippen LogP contribution in [0.15, 0.2) is 84.1 Å². The summed E-state index contributed by atoms with van der Waals surface area (Å²) in [5, 5.41) is 0. The fourth-order valence-corrected chi connectivity index (χ4v) is 3.10. The monoisotopic (exact) mass is 339 g/mol. The molecule has 1 aromatic carbocycles. The molecule has 26 heavy (non-hydrogen) atoms. The summed E-state index contributed by atoms with van der Waals surface area (Å²) in [5.41, 5.74) is 4.54. The molecule has 0 amide bonds. The van der Waals surface area contributed by atoms with Gasteiger partial charge in [0.1, 0.15) is 5.71 Å². The van der Waals surface area contributed by atoms with Crippen LogP contribution >= 0.6 is 0 Å². The molecule has 0 saturated heterocycles. The molecule has 0 radical (unpaired) electrons. The van der Waals surface area contributed by atoms with Crippen molar-refractivity contribution in [2.45, 2.75) is 12.8 Å². The van der Waals surface area contributed by atoms with Crippen LogP contribution in [0, 0.1) is 6.92 Å². The number of ketones is 1. The van der Waals surface area contributed by atoms with E-state index in [-0.39, 0.29) is 11.7 Å². The van der Waals surface area contributed by atoms with E-state index in [1.807, 2.05) is 73.7 Å². The SMILES string of the molecule is Cc1ccccc1C1C=CN=C(c2cccc(-c3ccccn3)n2)C1=O. The van der Waals surface area contributed by atoms with Gasteiger partial charge in [-0.1, -0.05) is 42.5 Å². The van der Waals surface area contributed by atoms with Crippen molar-refractivity contribution in [1.82, 2.24) is 9.97 Å². The number of carbonyl (C=O) groups excluding carboxylic acids is 1. The van der Waals surface area contributed by atoms with Crippen LogP contribution < -0.4 is 0 Å². The molecule has 0 spiro atoms. The lowest BCUT2D eigenvalue weighted by Gasteiger charge is -2.18. The molecule has 126 valence electrons. The summed E-state index contributed by atoms with van der Waals surface area (Å²) in [5.74, 6) is -0.364. The molecule has 1 unspecified atom stereocenters. The minimum absolute atomic E-state index is 0.0347. The minimum Gasteiger partial charge on any atom is -0.291 e. The zero-order valence-electron chi connectivity index (χ0n) is 14.3. The van der Waals surface area contributed by atoms with Gasteiger partial charge in [-0.3, -0.25) is 14.8 Å². The maximum Gasteiger partial charge on any atom is 0.194 e. The fraction of sp³-hybridized carbons (Fsp3) is 0.0909. The lowest BCUT2D eigenvalue weighted by atomic mass is 9.87. The normalized spacial score (nSPS) is 16.4. The lowest BCUT2D eigenvalue weighted by molar-refractivity contribution is -0.113. The first-order valence-electron chi connectivity index (χ1n) is 8.47. The highest BCUT2D eigenvalue weighted by atomic mass is 16.1. The highest BCUT2D eigenvalue weighted by molar-refractivity contribution is 6.48. The average molecular weight is 339 g/mol. The van der Waals surface area contributed by atoms with E-state index in [0.29, 0.717) is 11.4 Å². The van der Waals surface area contributed by atoms with Crippen LogP contribution in [0.25, 0.3) is 11.4 Å². The van der Waals surface area contributed by atoms with Gasteiger partial charge in [-0.25, -0.2) is 4.98 Å². The molecule has 4 heteroatoms. The molecule has 0 N–H and O–H groups in total. The maximum atomic E-state index is 13.1. The first-order chi connectivity index (χ1) is 12.7. The van der Waals surface area contributed by atoms with Gasteiger partial charge in [0.15, 0.2) is 5.78 Å². The van der Waals surface area contributed by atoms with Crippen LogP contribution in [0.1, 0.15) is 22.7 Å². The van der Waals surface area contributed by atoms with E-state index in [1.54, 1.807) is 12.4 Å². The Morgan fingerprint density at radius 2 is 1.62 bits per heavy atom. The quantitative estimate of drug-likeness (QED) is 0.721. The maximum absolute atomic E-state index is 13.1. The van der Waals surface area contributed by atoms with Crippen LogP contribution in [0.4, 0.5) is 0 Å². The molecule has 0 fully saturated rings. The van der Waals surface area contributed by atoms with Crippen LogP contribution in [0.3, 0.4) is 0 Å². The average Bonchev–Trinajstić information content (AvgIpc) is 2.70. The Labute approximate surface area is 152 Å². The molecule has 1 aliphatic rings. The summed E-state index contributed by atoms with van der Waals surface area (Å²) in [7, 11) is 0. The van der Waals surface area contributed by atoms with Crippen molar-refractivity contribution in [2.24, 2.45) is 4.99 Å². The topological polar surface area (TPSA) is 55.2 Å². The molecule has 2 aromatic heterocycles. The molecular weight excluding hydrogens is 322 g/mol. The highest BCUT2D eigenvalue weighted by Gasteiger charge is 2.28. The van der Waals surface area contributed by atoms with E-state index < -0.39 is 0 Å². The van der Waals surface area contributed by atoms with Gasteiger partial charge in [0, 0.05) is 12.4 Å². The molecule has 3 heterocycles. The molecule has 0 aliphatic carbocycles. The minimum atomic E-state index is -0.330. The number of aromatic nitrogens is 2. The largest absolute Gasteiger partial charge is 0.291 e. The Kier molecular flexibility index (Phi) is 4.23. The van der Waals surface area contributed by atoms with Gasteiger partial charge in [-0.15, -0.1) is 0 Å². The number of Topliss-reactive ketones (excluding diaryl/α,β-unsaturated/α-hetero) is 1. The van der Waals surface area contributed by atoms with Crippen LogP contribution in [0.2, 0.25) is 0 Å². The number of carbonyl (C=O) groups is 1. The van der Waals surface area contributed by atoms with E-state index in [0.717, 1.165) is 22.5 Å². The summed E-state index contributed by atoms with van der Waals surface area (Å²) in [6.07, 6.45) is 5.27. The summed E-state index contributed by atoms with van der Waals surface area (Å²) < 4.78 is 0. The van der Waals surface area contributed by atoms with Gasteiger partial charge in [-0.2, -0.15) is 0 Å². The van der Waals surface area contributed by atoms with Gasteiger partial charge >= 0.3 is 0 Å². The summed E-state index contributed by atoms with van der Waals surface area (Å²) in [6, 6.07) is 19.2. The number of aliphatic imine (C=N–C) groups is 1. The lowest BCUT2D eigenvalue weighted by Crippen LogP contribution is -2.25. The molecule has 1 atom stereocenters. The van der Waals surface area contributed by atoms with Gasteiger partial charge in [-0.05, 0) is 42.3 Å². The summed E-state index contributed by atoms with van der Waals surface area (Å²) >= 11 is 0. The number of benzene rings is 1. The number of hydrogen-bond donors (Lipinski definition) is 0. The van der Waals surface area contributed by atoms with Gasteiger partial charge in [0.05, 0.1) is 23.0 Å². The molecular formula is C22H17N3O. The van der Waals surface area contributed by atoms with Crippen molar-refractivity contribution in [3.8, 4) is 11.4 Å². The number of pyridine rings is 2. The fourth-order valence-electron chi connectivity index (χ4n) is 3.10. The van der Waals surface area contributed by atoms with E-state index >= 15 is 0 Å². The second kappa shape index (κ2) is 6.84. The number of nitrogens with zero attached hydrogens (tertiary/aromatic N) is 3. The third-order valence-electron chi connectivity index (χ3n) is 4.44. The molecule has 4 rings (SSSR count). The van der Waals surface area contributed by atoms with Gasteiger partial charge < -0.3 is 0 Å². The highest BCUT2D eigenvalue weighted by Crippen LogP contribution is 2.26. The van der Waals surface area contributed by atoms with Crippen molar-refractivity contribution in [1.29, 1.82) is 0 Å². The van der Waals surface area contributed by atoms with Crippen molar-refractivity contribution in [3.05, 3.63) is 96.0 Å².